The Morgan fingerprint density at radius 1 is 1.06 bits per heavy atom. The molecule has 5 aromatic heterocycles. The summed E-state index contributed by atoms with van der Waals surface area (Å²) in [7, 11) is 3.44. The molecule has 5 aromatic rings. The molecule has 160 valence electrons. The number of methoxy groups -OCH3 is 1. The third-order valence-corrected chi connectivity index (χ3v) is 5.08. The van der Waals surface area contributed by atoms with Gasteiger partial charge in [0, 0.05) is 43.2 Å². The number of fused-ring (bicyclic) bond motifs is 1. The summed E-state index contributed by atoms with van der Waals surface area (Å²) in [6, 6.07) is 11.1. The van der Waals surface area contributed by atoms with Crippen LogP contribution in [0.1, 0.15) is 11.5 Å². The summed E-state index contributed by atoms with van der Waals surface area (Å²) in [5, 5.41) is 16.3. The molecule has 0 aromatic carbocycles. The monoisotopic (exact) mass is 447 g/mol. The lowest BCUT2D eigenvalue weighted by Crippen LogP contribution is -2.03. The smallest absolute Gasteiger partial charge is 0.228 e. The van der Waals surface area contributed by atoms with E-state index in [2.05, 4.69) is 35.6 Å². The van der Waals surface area contributed by atoms with Crippen LogP contribution in [0.2, 0.25) is 5.15 Å². The van der Waals surface area contributed by atoms with Gasteiger partial charge in [0.25, 0.3) is 0 Å². The zero-order chi connectivity index (χ0) is 22.1. The van der Waals surface area contributed by atoms with Crippen molar-refractivity contribution in [1.29, 1.82) is 0 Å². The Morgan fingerprint density at radius 2 is 1.97 bits per heavy atom. The van der Waals surface area contributed by atoms with Crippen molar-refractivity contribution >= 4 is 29.0 Å². The molecule has 1 N–H and O–H groups in total. The molecule has 0 saturated carbocycles. The molecule has 0 radical (unpaired) electrons. The lowest BCUT2D eigenvalue weighted by atomic mass is 10.2. The lowest BCUT2D eigenvalue weighted by Gasteiger charge is -2.07. The molecular formula is C21H18ClN9O. The van der Waals surface area contributed by atoms with Crippen LogP contribution in [0.4, 0.5) is 11.8 Å². The van der Waals surface area contributed by atoms with Gasteiger partial charge in [-0.1, -0.05) is 11.6 Å². The number of rotatable bonds is 6. The molecule has 0 amide bonds. The van der Waals surface area contributed by atoms with Crippen molar-refractivity contribution in [3.63, 3.8) is 0 Å². The van der Waals surface area contributed by atoms with Crippen molar-refractivity contribution in [3.05, 3.63) is 71.7 Å². The number of aromatic nitrogens is 8. The van der Waals surface area contributed by atoms with Gasteiger partial charge in [0.05, 0.1) is 31.1 Å². The van der Waals surface area contributed by atoms with Gasteiger partial charge in [-0.25, -0.2) is 15.0 Å². The zero-order valence-corrected chi connectivity index (χ0v) is 18.0. The van der Waals surface area contributed by atoms with Crippen LogP contribution in [-0.4, -0.2) is 46.4 Å². The Labute approximate surface area is 187 Å². The summed E-state index contributed by atoms with van der Waals surface area (Å²) < 4.78 is 8.89. The second-order valence-electron chi connectivity index (χ2n) is 6.99. The molecule has 32 heavy (non-hydrogen) atoms. The van der Waals surface area contributed by atoms with Gasteiger partial charge in [0.2, 0.25) is 5.95 Å². The Hall–Kier alpha value is -4.05. The third kappa shape index (κ3) is 3.95. The number of nitrogens with zero attached hydrogens (tertiary/aromatic N) is 8. The fraction of sp³-hybridized carbons (Fsp3) is 0.143. The highest BCUT2D eigenvalue weighted by atomic mass is 35.5. The lowest BCUT2D eigenvalue weighted by molar-refractivity contribution is 0.413. The largest absolute Gasteiger partial charge is 0.497 e. The van der Waals surface area contributed by atoms with Crippen molar-refractivity contribution in [1.82, 2.24) is 39.3 Å². The summed E-state index contributed by atoms with van der Waals surface area (Å²) in [5.41, 5.74) is 3.10. The van der Waals surface area contributed by atoms with E-state index < -0.39 is 0 Å². The van der Waals surface area contributed by atoms with Crippen LogP contribution >= 0.6 is 11.6 Å². The van der Waals surface area contributed by atoms with E-state index in [9.17, 15) is 0 Å². The molecule has 0 fully saturated rings. The summed E-state index contributed by atoms with van der Waals surface area (Å²) in [5.74, 6) is 2.67. The van der Waals surface area contributed by atoms with Crippen LogP contribution in [0.25, 0.3) is 16.9 Å². The van der Waals surface area contributed by atoms with E-state index in [1.54, 1.807) is 30.3 Å². The molecule has 5 rings (SSSR count). The standard InChI is InChI=1S/C21H18ClN9O/c1-30-18(4-7-24-30)27-21-23-6-3-16(26-21)13-5-8-31-19(9-13)28-29-20(31)11-14-10-15(32-2)12-17(22)25-14/h3-10,12H,11H2,1-2H3,(H,23,26,27). The summed E-state index contributed by atoms with van der Waals surface area (Å²) in [6.07, 6.45) is 5.79. The zero-order valence-electron chi connectivity index (χ0n) is 17.3. The molecular weight excluding hydrogens is 430 g/mol. The van der Waals surface area contributed by atoms with Gasteiger partial charge in [0.15, 0.2) is 5.65 Å². The van der Waals surface area contributed by atoms with Gasteiger partial charge in [-0.2, -0.15) is 5.10 Å². The van der Waals surface area contributed by atoms with Crippen molar-refractivity contribution in [3.8, 4) is 17.0 Å². The highest BCUT2D eigenvalue weighted by Gasteiger charge is 2.12. The molecule has 0 aliphatic rings. The first kappa shape index (κ1) is 19.9. The van der Waals surface area contributed by atoms with Gasteiger partial charge in [-0.15, -0.1) is 10.2 Å². The molecule has 0 aliphatic heterocycles. The van der Waals surface area contributed by atoms with E-state index in [1.165, 1.54) is 0 Å². The predicted molar refractivity (Wildman–Crippen MR) is 119 cm³/mol. The highest BCUT2D eigenvalue weighted by Crippen LogP contribution is 2.22. The number of hydrogen-bond donors (Lipinski definition) is 1. The second-order valence-corrected chi connectivity index (χ2v) is 7.38. The van der Waals surface area contributed by atoms with Crippen LogP contribution in [0.15, 0.2) is 55.0 Å². The van der Waals surface area contributed by atoms with E-state index in [0.717, 1.165) is 28.6 Å². The summed E-state index contributed by atoms with van der Waals surface area (Å²) in [4.78, 5) is 13.2. The first-order valence-electron chi connectivity index (χ1n) is 9.71. The first-order valence-corrected chi connectivity index (χ1v) is 10.1. The molecule has 0 aliphatic carbocycles. The van der Waals surface area contributed by atoms with Crippen LogP contribution in [0.3, 0.4) is 0 Å². The molecule has 0 unspecified atom stereocenters. The van der Waals surface area contributed by atoms with Gasteiger partial charge in [-0.3, -0.25) is 9.08 Å². The maximum absolute atomic E-state index is 6.09. The van der Waals surface area contributed by atoms with Gasteiger partial charge in [0.1, 0.15) is 22.5 Å². The SMILES string of the molecule is COc1cc(Cl)nc(Cc2nnc3cc(-c4ccnc(Nc5ccnn5C)n4)ccn23)c1. The maximum Gasteiger partial charge on any atom is 0.228 e. The molecule has 0 atom stereocenters. The van der Waals surface area contributed by atoms with E-state index in [4.69, 9.17) is 16.3 Å². The molecule has 0 saturated heterocycles. The Balaban J connectivity index is 1.42. The average Bonchev–Trinajstić information content (AvgIpc) is 3.39. The molecule has 10 nitrogen and oxygen atoms in total. The number of hydrogen-bond acceptors (Lipinski definition) is 8. The highest BCUT2D eigenvalue weighted by molar-refractivity contribution is 6.29. The number of aryl methyl sites for hydroxylation is 1. The van der Waals surface area contributed by atoms with Gasteiger partial charge < -0.3 is 10.1 Å². The Bertz CT molecular complexity index is 1410. The van der Waals surface area contributed by atoms with E-state index in [-0.39, 0.29) is 0 Å². The van der Waals surface area contributed by atoms with E-state index in [0.29, 0.717) is 28.9 Å². The Morgan fingerprint density at radius 3 is 2.78 bits per heavy atom. The third-order valence-electron chi connectivity index (χ3n) is 4.89. The number of nitrogens with one attached hydrogen (secondary N) is 1. The number of ether oxygens (including phenoxy) is 1. The van der Waals surface area contributed by atoms with Crippen molar-refractivity contribution in [2.75, 3.05) is 12.4 Å². The molecule has 11 heteroatoms. The summed E-state index contributed by atoms with van der Waals surface area (Å²) >= 11 is 6.09. The van der Waals surface area contributed by atoms with Crippen molar-refractivity contribution < 1.29 is 4.74 Å². The van der Waals surface area contributed by atoms with E-state index in [1.807, 2.05) is 48.0 Å². The minimum atomic E-state index is 0.370. The van der Waals surface area contributed by atoms with Crippen LogP contribution in [0, 0.1) is 0 Å². The molecule has 0 spiro atoms. The van der Waals surface area contributed by atoms with Crippen LogP contribution < -0.4 is 10.1 Å². The molecule has 5 heterocycles. The number of anilines is 2. The quantitative estimate of drug-likeness (QED) is 0.395. The summed E-state index contributed by atoms with van der Waals surface area (Å²) in [6.45, 7) is 0. The van der Waals surface area contributed by atoms with Crippen molar-refractivity contribution in [2.24, 2.45) is 7.05 Å². The second kappa shape index (κ2) is 8.23. The fourth-order valence-corrected chi connectivity index (χ4v) is 3.52. The van der Waals surface area contributed by atoms with Crippen LogP contribution in [0.5, 0.6) is 5.75 Å². The predicted octanol–water partition coefficient (Wildman–Crippen LogP) is 3.31. The number of pyridine rings is 2. The number of halogens is 1. The molecule has 0 bridgehead atoms. The van der Waals surface area contributed by atoms with Gasteiger partial charge >= 0.3 is 0 Å². The average molecular weight is 448 g/mol. The Kier molecular flexibility index (Phi) is 5.12. The minimum absolute atomic E-state index is 0.370. The van der Waals surface area contributed by atoms with Crippen molar-refractivity contribution in [2.45, 2.75) is 6.42 Å². The minimum Gasteiger partial charge on any atom is -0.497 e. The van der Waals surface area contributed by atoms with E-state index >= 15 is 0 Å². The fourth-order valence-electron chi connectivity index (χ4n) is 3.31. The maximum atomic E-state index is 6.09. The topological polar surface area (TPSA) is 108 Å². The van der Waals surface area contributed by atoms with Crippen LogP contribution in [-0.2, 0) is 13.5 Å². The first-order chi connectivity index (χ1) is 15.6. The normalized spacial score (nSPS) is 11.1. The van der Waals surface area contributed by atoms with Gasteiger partial charge in [-0.05, 0) is 18.2 Å².